The number of nitrogens with zero attached hydrogens (tertiary/aromatic N) is 4. The first kappa shape index (κ1) is 27.3. The number of pyridine rings is 1. The number of hydrogen-bond acceptors (Lipinski definition) is 7. The number of fused-ring (bicyclic) bond motifs is 1. The average molecular weight is 560 g/mol. The van der Waals surface area contributed by atoms with Crippen LogP contribution in [0.15, 0.2) is 54.7 Å². The second-order valence-corrected chi connectivity index (χ2v) is 10.7. The highest BCUT2D eigenvalue weighted by Gasteiger charge is 2.27. The van der Waals surface area contributed by atoms with Gasteiger partial charge in [0.1, 0.15) is 11.4 Å². The van der Waals surface area contributed by atoms with Gasteiger partial charge in [-0.2, -0.15) is 0 Å². The summed E-state index contributed by atoms with van der Waals surface area (Å²) >= 11 is 0. The molecule has 0 radical (unpaired) electrons. The molecule has 41 heavy (non-hydrogen) atoms. The van der Waals surface area contributed by atoms with Gasteiger partial charge in [0.2, 0.25) is 5.95 Å². The Bertz CT molecular complexity index is 1540. The van der Waals surface area contributed by atoms with Gasteiger partial charge in [-0.05, 0) is 61.6 Å². The van der Waals surface area contributed by atoms with Crippen LogP contribution in [0.5, 0.6) is 5.75 Å². The van der Waals surface area contributed by atoms with Crippen LogP contribution < -0.4 is 10.1 Å². The number of morpholine rings is 1. The van der Waals surface area contributed by atoms with E-state index in [2.05, 4.69) is 27.3 Å². The first-order chi connectivity index (χ1) is 20.0. The third-order valence-electron chi connectivity index (χ3n) is 8.02. The Morgan fingerprint density at radius 2 is 1.90 bits per heavy atom. The summed E-state index contributed by atoms with van der Waals surface area (Å²) in [5.41, 5.74) is 3.16. The Labute approximate surface area is 237 Å². The lowest BCUT2D eigenvalue weighted by atomic mass is 9.93. The molecule has 6 rings (SSSR count). The largest absolute Gasteiger partial charge is 0.496 e. The Hall–Kier alpha value is -3.86. The third-order valence-corrected chi connectivity index (χ3v) is 8.02. The lowest BCUT2D eigenvalue weighted by molar-refractivity contribution is 0.0342. The summed E-state index contributed by atoms with van der Waals surface area (Å²) in [5.74, 6) is -0.511. The lowest BCUT2D eigenvalue weighted by Gasteiger charge is -2.28. The van der Waals surface area contributed by atoms with Crippen molar-refractivity contribution in [1.82, 2.24) is 19.4 Å². The summed E-state index contributed by atoms with van der Waals surface area (Å²) in [4.78, 5) is 24.9. The smallest absolute Gasteiger partial charge is 0.261 e. The van der Waals surface area contributed by atoms with Crippen LogP contribution in [0, 0.1) is 5.82 Å². The second-order valence-electron chi connectivity index (χ2n) is 10.7. The number of imidazole rings is 1. The summed E-state index contributed by atoms with van der Waals surface area (Å²) in [6.07, 6.45) is 3.96. The molecule has 1 saturated heterocycles. The molecule has 0 unspecified atom stereocenters. The fourth-order valence-corrected chi connectivity index (χ4v) is 5.85. The molecular weight excluding hydrogens is 525 g/mol. The van der Waals surface area contributed by atoms with Gasteiger partial charge in [-0.3, -0.25) is 20.0 Å². The number of benzene rings is 2. The molecule has 2 N–H and O–H groups in total. The molecule has 214 valence electrons. The highest BCUT2D eigenvalue weighted by atomic mass is 19.1. The fraction of sp³-hybridized carbons (Fsp3) is 0.387. The lowest BCUT2D eigenvalue weighted by Crippen LogP contribution is -2.35. The quantitative estimate of drug-likeness (QED) is 0.335. The van der Waals surface area contributed by atoms with Crippen molar-refractivity contribution in [2.24, 2.45) is 0 Å². The molecule has 1 aliphatic carbocycles. The zero-order chi connectivity index (χ0) is 28.3. The van der Waals surface area contributed by atoms with Gasteiger partial charge in [0.15, 0.2) is 5.82 Å². The second kappa shape index (κ2) is 11.9. The van der Waals surface area contributed by atoms with Crippen LogP contribution in [0.25, 0.3) is 22.3 Å². The Morgan fingerprint density at radius 3 is 2.68 bits per heavy atom. The van der Waals surface area contributed by atoms with Crippen molar-refractivity contribution in [3.8, 4) is 17.0 Å². The van der Waals surface area contributed by atoms with E-state index >= 15 is 4.39 Å². The van der Waals surface area contributed by atoms with Crippen LogP contribution >= 0.6 is 0 Å². The normalized spacial score (nSPS) is 19.8. The third kappa shape index (κ3) is 5.68. The van der Waals surface area contributed by atoms with Crippen LogP contribution in [-0.4, -0.2) is 70.0 Å². The maximum atomic E-state index is 15.8. The number of nitrogens with one attached hydrogen (secondary N) is 1. The van der Waals surface area contributed by atoms with Gasteiger partial charge < -0.3 is 19.1 Å². The number of aliphatic hydroxyl groups is 1. The Kier molecular flexibility index (Phi) is 7.95. The topological polar surface area (TPSA) is 102 Å². The first-order valence-electron chi connectivity index (χ1n) is 14.1. The molecule has 2 aromatic heterocycles. The number of hydrogen-bond donors (Lipinski definition) is 2. The van der Waals surface area contributed by atoms with Crippen LogP contribution in [0.2, 0.25) is 0 Å². The standard InChI is InChI=1S/C31H34FN5O4/c1-40-27-5-3-2-4-23(27)29-28(32)24(12-13-33-29)30(39)35-31-34-25-18-20(19-36-14-16-41-17-15-36)6-11-26(25)37(31)21-7-9-22(38)10-8-21/h2-6,11-13,18,21-22,38H,7-10,14-17,19H2,1H3,(H,34,35,39)/t21-,22+. The van der Waals surface area contributed by atoms with Gasteiger partial charge >= 0.3 is 0 Å². The van der Waals surface area contributed by atoms with E-state index in [0.717, 1.165) is 62.3 Å². The molecule has 4 aromatic rings. The Balaban J connectivity index is 1.34. The van der Waals surface area contributed by atoms with E-state index in [4.69, 9.17) is 14.5 Å². The van der Waals surface area contributed by atoms with E-state index in [0.29, 0.717) is 30.1 Å². The summed E-state index contributed by atoms with van der Waals surface area (Å²) in [6, 6.07) is 14.6. The highest BCUT2D eigenvalue weighted by Crippen LogP contribution is 2.36. The molecule has 10 heteroatoms. The molecule has 0 spiro atoms. The van der Waals surface area contributed by atoms with Gasteiger partial charge in [0.25, 0.3) is 5.91 Å². The van der Waals surface area contributed by atoms with Crippen LogP contribution in [-0.2, 0) is 11.3 Å². The number of para-hydroxylation sites is 1. The van der Waals surface area contributed by atoms with E-state index in [1.807, 2.05) is 10.6 Å². The molecule has 0 atom stereocenters. The predicted octanol–water partition coefficient (Wildman–Crippen LogP) is 4.81. The molecule has 0 bridgehead atoms. The Morgan fingerprint density at radius 1 is 1.12 bits per heavy atom. The van der Waals surface area contributed by atoms with Crippen molar-refractivity contribution in [2.45, 2.75) is 44.4 Å². The number of rotatable bonds is 7. The van der Waals surface area contributed by atoms with Gasteiger partial charge in [-0.25, -0.2) is 9.37 Å². The minimum atomic E-state index is -0.731. The number of halogens is 1. The number of ether oxygens (including phenoxy) is 2. The summed E-state index contributed by atoms with van der Waals surface area (Å²) in [6.45, 7) is 4.01. The van der Waals surface area contributed by atoms with E-state index in [9.17, 15) is 9.90 Å². The van der Waals surface area contributed by atoms with Crippen LogP contribution in [0.4, 0.5) is 10.3 Å². The summed E-state index contributed by atoms with van der Waals surface area (Å²) in [7, 11) is 1.51. The van der Waals surface area contributed by atoms with E-state index in [1.165, 1.54) is 19.4 Å². The molecule has 9 nitrogen and oxygen atoms in total. The number of carbonyl (C=O) groups is 1. The number of anilines is 1. The number of methoxy groups -OCH3 is 1. The van der Waals surface area contributed by atoms with E-state index in [-0.39, 0.29) is 23.4 Å². The fourth-order valence-electron chi connectivity index (χ4n) is 5.85. The van der Waals surface area contributed by atoms with Crippen molar-refractivity contribution < 1.29 is 23.8 Å². The SMILES string of the molecule is COc1ccccc1-c1nccc(C(=O)Nc2nc3cc(CN4CCOCC4)ccc3n2[C@H]2CC[C@@H](O)CC2)c1F. The van der Waals surface area contributed by atoms with Crippen molar-refractivity contribution in [3.05, 3.63) is 71.7 Å². The predicted molar refractivity (Wildman–Crippen MR) is 153 cm³/mol. The minimum Gasteiger partial charge on any atom is -0.496 e. The monoisotopic (exact) mass is 559 g/mol. The van der Waals surface area contributed by atoms with Gasteiger partial charge in [-0.15, -0.1) is 0 Å². The van der Waals surface area contributed by atoms with Crippen LogP contribution in [0.1, 0.15) is 47.6 Å². The zero-order valence-electron chi connectivity index (χ0n) is 23.1. The van der Waals surface area contributed by atoms with Crippen molar-refractivity contribution >= 4 is 22.9 Å². The maximum absolute atomic E-state index is 15.8. The van der Waals surface area contributed by atoms with Gasteiger partial charge in [0, 0.05) is 37.4 Å². The molecule has 2 aliphatic rings. The number of aliphatic hydroxyl groups excluding tert-OH is 1. The molecule has 1 saturated carbocycles. The van der Waals surface area contributed by atoms with E-state index < -0.39 is 11.7 Å². The molecule has 1 amide bonds. The van der Waals surface area contributed by atoms with Crippen molar-refractivity contribution in [2.75, 3.05) is 38.7 Å². The zero-order valence-corrected chi connectivity index (χ0v) is 23.1. The highest BCUT2D eigenvalue weighted by molar-refractivity contribution is 6.05. The number of carbonyl (C=O) groups excluding carboxylic acids is 1. The minimum absolute atomic E-state index is 0.0395. The number of aromatic nitrogens is 3. The molecular formula is C31H34FN5O4. The summed E-state index contributed by atoms with van der Waals surface area (Å²) < 4.78 is 28.7. The molecule has 1 aliphatic heterocycles. The maximum Gasteiger partial charge on any atom is 0.261 e. The molecule has 2 fully saturated rings. The molecule has 2 aromatic carbocycles. The molecule has 3 heterocycles. The first-order valence-corrected chi connectivity index (χ1v) is 14.1. The number of amides is 1. The van der Waals surface area contributed by atoms with Gasteiger partial charge in [-0.1, -0.05) is 18.2 Å². The van der Waals surface area contributed by atoms with Crippen molar-refractivity contribution in [1.29, 1.82) is 0 Å². The summed E-state index contributed by atoms with van der Waals surface area (Å²) in [5, 5.41) is 13.0. The van der Waals surface area contributed by atoms with Gasteiger partial charge in [0.05, 0.1) is 43.0 Å². The van der Waals surface area contributed by atoms with Crippen molar-refractivity contribution in [3.63, 3.8) is 0 Å². The average Bonchev–Trinajstić information content (AvgIpc) is 3.35. The van der Waals surface area contributed by atoms with E-state index in [1.54, 1.807) is 24.3 Å². The van der Waals surface area contributed by atoms with Crippen LogP contribution in [0.3, 0.4) is 0 Å².